The smallest absolute Gasteiger partial charge is 0.239 e. The maximum atomic E-state index is 12.5. The third-order valence-electron chi connectivity index (χ3n) is 3.96. The number of piperazine rings is 1. The van der Waals surface area contributed by atoms with Crippen molar-refractivity contribution in [2.24, 2.45) is 0 Å². The van der Waals surface area contributed by atoms with Crippen LogP contribution in [0.1, 0.15) is 20.3 Å². The number of rotatable bonds is 3. The van der Waals surface area contributed by atoms with E-state index in [4.69, 9.17) is 0 Å². The molecule has 18 heavy (non-hydrogen) atoms. The Hall–Kier alpha value is -0.260. The molecule has 0 spiro atoms. The molecule has 2 heterocycles. The van der Waals surface area contributed by atoms with Crippen LogP contribution in [0.5, 0.6) is 0 Å². The van der Waals surface area contributed by atoms with Gasteiger partial charge in [0.2, 0.25) is 5.91 Å². The Morgan fingerprint density at radius 1 is 1.39 bits per heavy atom. The first-order chi connectivity index (χ1) is 8.72. The summed E-state index contributed by atoms with van der Waals surface area (Å²) in [5.41, 5.74) is 0. The van der Waals surface area contributed by atoms with Crippen molar-refractivity contribution in [3.05, 3.63) is 0 Å². The minimum absolute atomic E-state index is 0.0488. The van der Waals surface area contributed by atoms with Crippen molar-refractivity contribution in [3.63, 3.8) is 0 Å². The van der Waals surface area contributed by atoms with Crippen LogP contribution in [0.25, 0.3) is 0 Å². The Morgan fingerprint density at radius 2 is 2.11 bits per heavy atom. The van der Waals surface area contributed by atoms with Crippen LogP contribution >= 0.6 is 11.8 Å². The second-order valence-electron chi connectivity index (χ2n) is 5.15. The molecule has 1 N–H and O–H groups in total. The molecule has 2 aliphatic heterocycles. The topological polar surface area (TPSA) is 35.6 Å². The zero-order chi connectivity index (χ0) is 13.0. The molecule has 0 bridgehead atoms. The molecule has 2 atom stereocenters. The van der Waals surface area contributed by atoms with Gasteiger partial charge in [-0.2, -0.15) is 11.8 Å². The van der Waals surface area contributed by atoms with Crippen molar-refractivity contribution >= 4 is 17.7 Å². The van der Waals surface area contributed by atoms with Crippen LogP contribution in [0.4, 0.5) is 0 Å². The summed E-state index contributed by atoms with van der Waals surface area (Å²) >= 11 is 2.01. The molecule has 2 aliphatic rings. The van der Waals surface area contributed by atoms with Crippen molar-refractivity contribution in [1.29, 1.82) is 0 Å². The number of nitrogens with zero attached hydrogens (tertiary/aromatic N) is 2. The zero-order valence-electron chi connectivity index (χ0n) is 11.5. The molecule has 0 radical (unpaired) electrons. The fourth-order valence-electron chi connectivity index (χ4n) is 2.66. The summed E-state index contributed by atoms with van der Waals surface area (Å²) in [7, 11) is 0. The van der Waals surface area contributed by atoms with E-state index in [1.54, 1.807) is 0 Å². The molecule has 0 aromatic rings. The van der Waals surface area contributed by atoms with Crippen molar-refractivity contribution in [2.45, 2.75) is 31.6 Å². The summed E-state index contributed by atoms with van der Waals surface area (Å²) in [5, 5.41) is 3.97. The van der Waals surface area contributed by atoms with E-state index in [9.17, 15) is 4.79 Å². The summed E-state index contributed by atoms with van der Waals surface area (Å²) < 4.78 is 0. The fourth-order valence-corrected chi connectivity index (χ4v) is 3.84. The molecule has 2 saturated heterocycles. The van der Waals surface area contributed by atoms with Gasteiger partial charge in [-0.05, 0) is 13.3 Å². The van der Waals surface area contributed by atoms with E-state index >= 15 is 0 Å². The Morgan fingerprint density at radius 3 is 2.78 bits per heavy atom. The summed E-state index contributed by atoms with van der Waals surface area (Å²) in [5.74, 6) is 1.43. The average Bonchev–Trinajstić information content (AvgIpc) is 2.46. The molecule has 104 valence electrons. The molecule has 0 saturated carbocycles. The summed E-state index contributed by atoms with van der Waals surface area (Å²) in [6.07, 6.45) is 1.16. The van der Waals surface area contributed by atoms with E-state index in [2.05, 4.69) is 29.0 Å². The quantitative estimate of drug-likeness (QED) is 0.817. The van der Waals surface area contributed by atoms with Crippen LogP contribution in [0.15, 0.2) is 0 Å². The second kappa shape index (κ2) is 6.78. The SMILES string of the molecule is CCC1CN(C(=O)C(C)N2CCNCC2)CCS1. The van der Waals surface area contributed by atoms with E-state index in [0.717, 1.165) is 51.4 Å². The molecule has 1 amide bonds. The summed E-state index contributed by atoms with van der Waals surface area (Å²) in [6, 6.07) is 0.0488. The van der Waals surface area contributed by atoms with Crippen molar-refractivity contribution in [2.75, 3.05) is 45.0 Å². The molecule has 0 aromatic carbocycles. The third-order valence-corrected chi connectivity index (χ3v) is 5.33. The third kappa shape index (κ3) is 3.39. The van der Waals surface area contributed by atoms with Crippen molar-refractivity contribution in [1.82, 2.24) is 15.1 Å². The van der Waals surface area contributed by atoms with E-state index in [-0.39, 0.29) is 6.04 Å². The highest BCUT2D eigenvalue weighted by Crippen LogP contribution is 2.22. The maximum absolute atomic E-state index is 12.5. The lowest BCUT2D eigenvalue weighted by atomic mass is 10.2. The molecule has 0 aromatic heterocycles. The monoisotopic (exact) mass is 271 g/mol. The lowest BCUT2D eigenvalue weighted by Gasteiger charge is -2.38. The standard InChI is InChI=1S/C13H25N3OS/c1-3-12-10-16(8-9-18-12)13(17)11(2)15-6-4-14-5-7-15/h11-12,14H,3-10H2,1-2H3. The lowest BCUT2D eigenvalue weighted by Crippen LogP contribution is -2.55. The Balaban J connectivity index is 1.88. The van der Waals surface area contributed by atoms with Gasteiger partial charge in [0.05, 0.1) is 6.04 Å². The lowest BCUT2D eigenvalue weighted by molar-refractivity contribution is -0.136. The van der Waals surface area contributed by atoms with E-state index in [0.29, 0.717) is 11.2 Å². The van der Waals surface area contributed by atoms with E-state index in [1.165, 1.54) is 0 Å². The molecule has 0 aliphatic carbocycles. The zero-order valence-corrected chi connectivity index (χ0v) is 12.3. The van der Waals surface area contributed by atoms with Crippen LogP contribution < -0.4 is 5.32 Å². The highest BCUT2D eigenvalue weighted by atomic mass is 32.2. The highest BCUT2D eigenvalue weighted by molar-refractivity contribution is 8.00. The van der Waals surface area contributed by atoms with Crippen LogP contribution in [0, 0.1) is 0 Å². The van der Waals surface area contributed by atoms with Crippen LogP contribution in [0.3, 0.4) is 0 Å². The van der Waals surface area contributed by atoms with E-state index in [1.807, 2.05) is 11.8 Å². The molecule has 2 rings (SSSR count). The molecular formula is C13H25N3OS. The van der Waals surface area contributed by atoms with Gasteiger partial charge in [0, 0.05) is 50.3 Å². The number of hydrogen-bond acceptors (Lipinski definition) is 4. The van der Waals surface area contributed by atoms with Gasteiger partial charge in [0.25, 0.3) is 0 Å². The average molecular weight is 271 g/mol. The first kappa shape index (κ1) is 14.2. The van der Waals surface area contributed by atoms with Gasteiger partial charge < -0.3 is 10.2 Å². The van der Waals surface area contributed by atoms with Crippen molar-refractivity contribution < 1.29 is 4.79 Å². The minimum atomic E-state index is 0.0488. The predicted octanol–water partition coefficient (Wildman–Crippen LogP) is 0.634. The maximum Gasteiger partial charge on any atom is 0.239 e. The number of nitrogens with one attached hydrogen (secondary N) is 1. The van der Waals surface area contributed by atoms with Gasteiger partial charge in [-0.3, -0.25) is 9.69 Å². The fraction of sp³-hybridized carbons (Fsp3) is 0.923. The Bertz CT molecular complexity index is 277. The van der Waals surface area contributed by atoms with Gasteiger partial charge in [-0.25, -0.2) is 0 Å². The Labute approximate surface area is 114 Å². The number of carbonyl (C=O) groups excluding carboxylic acids is 1. The first-order valence-electron chi connectivity index (χ1n) is 7.07. The molecule has 4 nitrogen and oxygen atoms in total. The van der Waals surface area contributed by atoms with Gasteiger partial charge in [-0.1, -0.05) is 6.92 Å². The second-order valence-corrected chi connectivity index (χ2v) is 6.56. The van der Waals surface area contributed by atoms with Crippen LogP contribution in [-0.2, 0) is 4.79 Å². The van der Waals surface area contributed by atoms with Gasteiger partial charge in [0.1, 0.15) is 0 Å². The number of hydrogen-bond donors (Lipinski definition) is 1. The predicted molar refractivity (Wildman–Crippen MR) is 77.0 cm³/mol. The number of thioether (sulfide) groups is 1. The summed E-state index contributed by atoms with van der Waals surface area (Å²) in [4.78, 5) is 16.9. The van der Waals surface area contributed by atoms with Gasteiger partial charge in [-0.15, -0.1) is 0 Å². The van der Waals surface area contributed by atoms with Crippen LogP contribution in [0.2, 0.25) is 0 Å². The van der Waals surface area contributed by atoms with E-state index < -0.39 is 0 Å². The minimum Gasteiger partial charge on any atom is -0.339 e. The van der Waals surface area contributed by atoms with Crippen molar-refractivity contribution in [3.8, 4) is 0 Å². The number of carbonyl (C=O) groups is 1. The van der Waals surface area contributed by atoms with Gasteiger partial charge >= 0.3 is 0 Å². The highest BCUT2D eigenvalue weighted by Gasteiger charge is 2.29. The van der Waals surface area contributed by atoms with Gasteiger partial charge in [0.15, 0.2) is 0 Å². The molecule has 2 fully saturated rings. The Kier molecular flexibility index (Phi) is 5.33. The summed E-state index contributed by atoms with van der Waals surface area (Å²) in [6.45, 7) is 10.1. The normalized spacial score (nSPS) is 28.1. The molecular weight excluding hydrogens is 246 g/mol. The molecule has 5 heteroatoms. The molecule has 2 unspecified atom stereocenters. The van der Waals surface area contributed by atoms with Crippen LogP contribution in [-0.4, -0.2) is 72.0 Å². The number of amides is 1. The largest absolute Gasteiger partial charge is 0.339 e. The first-order valence-corrected chi connectivity index (χ1v) is 8.12.